The van der Waals surface area contributed by atoms with Crippen molar-refractivity contribution in [3.63, 3.8) is 0 Å². The van der Waals surface area contributed by atoms with E-state index in [1.165, 1.54) is 25.7 Å². The molecule has 0 heterocycles. The molecule has 0 heteroatoms. The molecule has 12 heavy (non-hydrogen) atoms. The van der Waals surface area contributed by atoms with Crippen LogP contribution in [0.1, 0.15) is 32.1 Å². The Kier molecular flexibility index (Phi) is 2.45. The minimum Gasteiger partial charge on any atom is -0.0850 e. The first-order valence-electron chi connectivity index (χ1n) is 4.95. The van der Waals surface area contributed by atoms with Crippen LogP contribution in [0.2, 0.25) is 0 Å². The number of allylic oxidation sites excluding steroid dienone is 6. The number of hydrogen-bond acceptors (Lipinski definition) is 0. The normalized spacial score (nSPS) is 28.7. The fourth-order valence-corrected chi connectivity index (χ4v) is 2.08. The van der Waals surface area contributed by atoms with Gasteiger partial charge in [0.2, 0.25) is 0 Å². The first-order chi connectivity index (χ1) is 5.95. The van der Waals surface area contributed by atoms with Crippen LogP contribution in [-0.4, -0.2) is 0 Å². The summed E-state index contributed by atoms with van der Waals surface area (Å²) < 4.78 is 0. The summed E-state index contributed by atoms with van der Waals surface area (Å²) in [6, 6.07) is 0. The number of rotatable bonds is 0. The molecule has 1 atom stereocenters. The van der Waals surface area contributed by atoms with Gasteiger partial charge in [-0.05, 0) is 38.0 Å². The van der Waals surface area contributed by atoms with Gasteiger partial charge in [-0.25, -0.2) is 0 Å². The highest BCUT2D eigenvalue weighted by Gasteiger charge is 2.22. The van der Waals surface area contributed by atoms with Gasteiger partial charge in [0.05, 0.1) is 0 Å². The van der Waals surface area contributed by atoms with Crippen LogP contribution >= 0.6 is 0 Å². The van der Waals surface area contributed by atoms with Crippen LogP contribution in [0.3, 0.4) is 0 Å². The second kappa shape index (κ2) is 3.75. The highest BCUT2D eigenvalue weighted by atomic mass is 14.3. The van der Waals surface area contributed by atoms with Crippen molar-refractivity contribution >= 4 is 0 Å². The van der Waals surface area contributed by atoms with Crippen LogP contribution in [0.25, 0.3) is 0 Å². The van der Waals surface area contributed by atoms with Gasteiger partial charge in [0, 0.05) is 0 Å². The summed E-state index contributed by atoms with van der Waals surface area (Å²) in [6.45, 7) is 0. The second-order valence-electron chi connectivity index (χ2n) is 3.80. The molecule has 0 nitrogen and oxygen atoms in total. The van der Waals surface area contributed by atoms with Crippen LogP contribution in [0, 0.1) is 5.92 Å². The molecular formula is C12H16. The molecule has 0 saturated heterocycles. The molecule has 1 fully saturated rings. The van der Waals surface area contributed by atoms with Crippen LogP contribution in [-0.2, 0) is 0 Å². The third-order valence-corrected chi connectivity index (χ3v) is 2.82. The van der Waals surface area contributed by atoms with Crippen molar-refractivity contribution in [2.24, 2.45) is 5.92 Å². The zero-order valence-corrected chi connectivity index (χ0v) is 7.50. The standard InChI is InChI=1S/C7H10.C5H6/c1-2-7-4-3-6(1)5-7;1-2-4-5-3-1/h1,7H,2-5H2;1-4H,5H2. The molecule has 0 spiro atoms. The molecule has 3 aliphatic carbocycles. The molecule has 1 saturated carbocycles. The maximum absolute atomic E-state index is 2.42. The van der Waals surface area contributed by atoms with E-state index in [9.17, 15) is 0 Å². The van der Waals surface area contributed by atoms with Crippen LogP contribution in [0.15, 0.2) is 36.0 Å². The summed E-state index contributed by atoms with van der Waals surface area (Å²) in [5.74, 6) is 1.08. The Labute approximate surface area is 74.7 Å². The lowest BCUT2D eigenvalue weighted by atomic mass is 10.1. The molecule has 2 bridgehead atoms. The maximum atomic E-state index is 2.42. The Morgan fingerprint density at radius 3 is 2.17 bits per heavy atom. The van der Waals surface area contributed by atoms with Gasteiger partial charge in [-0.15, -0.1) is 0 Å². The molecular weight excluding hydrogens is 144 g/mol. The third kappa shape index (κ3) is 1.88. The lowest BCUT2D eigenvalue weighted by Crippen LogP contribution is -1.85. The Hall–Kier alpha value is -0.780. The molecule has 0 aromatic heterocycles. The number of hydrogen-bond donors (Lipinski definition) is 0. The van der Waals surface area contributed by atoms with E-state index in [-0.39, 0.29) is 0 Å². The summed E-state index contributed by atoms with van der Waals surface area (Å²) in [5.41, 5.74) is 1.74. The van der Waals surface area contributed by atoms with Gasteiger partial charge in [-0.2, -0.15) is 0 Å². The summed E-state index contributed by atoms with van der Waals surface area (Å²) in [5, 5.41) is 0. The molecule has 3 aliphatic rings. The zero-order chi connectivity index (χ0) is 8.23. The summed E-state index contributed by atoms with van der Waals surface area (Å²) >= 11 is 0. The Morgan fingerprint density at radius 1 is 1.17 bits per heavy atom. The van der Waals surface area contributed by atoms with Crippen LogP contribution in [0.4, 0.5) is 0 Å². The molecule has 1 unspecified atom stereocenters. The lowest BCUT2D eigenvalue weighted by molar-refractivity contribution is 0.576. The van der Waals surface area contributed by atoms with Crippen molar-refractivity contribution in [3.05, 3.63) is 36.0 Å². The summed E-state index contributed by atoms with van der Waals surface area (Å²) in [6.07, 6.45) is 17.7. The van der Waals surface area contributed by atoms with E-state index >= 15 is 0 Å². The van der Waals surface area contributed by atoms with Gasteiger partial charge in [-0.3, -0.25) is 0 Å². The lowest BCUT2D eigenvalue weighted by Gasteiger charge is -1.98. The van der Waals surface area contributed by atoms with Crippen LogP contribution < -0.4 is 0 Å². The Bertz CT molecular complexity index is 220. The quantitative estimate of drug-likeness (QED) is 0.475. The first-order valence-corrected chi connectivity index (χ1v) is 4.95. The summed E-state index contributed by atoms with van der Waals surface area (Å²) in [7, 11) is 0. The molecule has 0 aliphatic heterocycles. The van der Waals surface area contributed by atoms with E-state index < -0.39 is 0 Å². The average molecular weight is 160 g/mol. The fraction of sp³-hybridized carbons (Fsp3) is 0.500. The number of fused-ring (bicyclic) bond motifs is 2. The second-order valence-corrected chi connectivity index (χ2v) is 3.80. The zero-order valence-electron chi connectivity index (χ0n) is 7.50. The monoisotopic (exact) mass is 160 g/mol. The summed E-state index contributed by atoms with van der Waals surface area (Å²) in [4.78, 5) is 0. The van der Waals surface area contributed by atoms with Crippen molar-refractivity contribution in [3.8, 4) is 0 Å². The van der Waals surface area contributed by atoms with E-state index in [4.69, 9.17) is 0 Å². The fourth-order valence-electron chi connectivity index (χ4n) is 2.08. The van der Waals surface area contributed by atoms with Gasteiger partial charge in [-0.1, -0.05) is 36.0 Å². The highest BCUT2D eigenvalue weighted by Crippen LogP contribution is 2.38. The molecule has 0 radical (unpaired) electrons. The molecule has 64 valence electrons. The predicted octanol–water partition coefficient (Wildman–Crippen LogP) is 3.62. The first kappa shape index (κ1) is 7.85. The van der Waals surface area contributed by atoms with Gasteiger partial charge in [0.1, 0.15) is 0 Å². The van der Waals surface area contributed by atoms with Gasteiger partial charge >= 0.3 is 0 Å². The van der Waals surface area contributed by atoms with E-state index in [0.29, 0.717) is 0 Å². The van der Waals surface area contributed by atoms with Crippen molar-refractivity contribution in [2.75, 3.05) is 0 Å². The van der Waals surface area contributed by atoms with E-state index in [2.05, 4.69) is 30.4 Å². The molecule has 0 amide bonds. The minimum absolute atomic E-state index is 1.08. The predicted molar refractivity (Wildman–Crippen MR) is 52.9 cm³/mol. The van der Waals surface area contributed by atoms with E-state index in [0.717, 1.165) is 12.3 Å². The van der Waals surface area contributed by atoms with Crippen LogP contribution in [0.5, 0.6) is 0 Å². The Balaban J connectivity index is 0.000000100. The van der Waals surface area contributed by atoms with Crippen molar-refractivity contribution in [1.29, 1.82) is 0 Å². The Morgan fingerprint density at radius 2 is 2.00 bits per heavy atom. The smallest absolute Gasteiger partial charge is 0.0163 e. The SMILES string of the molecule is C1=C2CCC(C1)C2.C1=CCC=C1. The highest BCUT2D eigenvalue weighted by molar-refractivity contribution is 5.15. The minimum atomic E-state index is 1.08. The molecule has 0 aromatic rings. The molecule has 0 N–H and O–H groups in total. The molecule has 3 rings (SSSR count). The van der Waals surface area contributed by atoms with Crippen molar-refractivity contribution in [1.82, 2.24) is 0 Å². The van der Waals surface area contributed by atoms with E-state index in [1.807, 2.05) is 0 Å². The van der Waals surface area contributed by atoms with Gasteiger partial charge in [0.15, 0.2) is 0 Å². The van der Waals surface area contributed by atoms with Crippen molar-refractivity contribution in [2.45, 2.75) is 32.1 Å². The van der Waals surface area contributed by atoms with E-state index in [1.54, 1.807) is 5.57 Å². The van der Waals surface area contributed by atoms with Crippen molar-refractivity contribution < 1.29 is 0 Å². The third-order valence-electron chi connectivity index (χ3n) is 2.82. The largest absolute Gasteiger partial charge is 0.0850 e. The topological polar surface area (TPSA) is 0 Å². The van der Waals surface area contributed by atoms with Gasteiger partial charge in [0.25, 0.3) is 0 Å². The maximum Gasteiger partial charge on any atom is -0.0163 e. The average Bonchev–Trinajstić information content (AvgIpc) is 2.86. The van der Waals surface area contributed by atoms with Gasteiger partial charge < -0.3 is 0 Å². The molecule has 0 aromatic carbocycles.